The minimum Gasteiger partial charge on any atom is -0.401 e. The lowest BCUT2D eigenvalue weighted by molar-refractivity contribution is 0.116. The minimum atomic E-state index is 0.654. The van der Waals surface area contributed by atoms with Crippen molar-refractivity contribution in [3.63, 3.8) is 0 Å². The number of allylic oxidation sites excluding steroid dienone is 2. The van der Waals surface area contributed by atoms with Gasteiger partial charge in [-0.2, -0.15) is 0 Å². The van der Waals surface area contributed by atoms with Crippen molar-refractivity contribution in [1.29, 1.82) is 0 Å². The van der Waals surface area contributed by atoms with E-state index in [-0.39, 0.29) is 0 Å². The number of hydrogen-bond donors (Lipinski definition) is 2. The van der Waals surface area contributed by atoms with Gasteiger partial charge in [0.25, 0.3) is 0 Å². The van der Waals surface area contributed by atoms with Crippen LogP contribution in [-0.2, 0) is 0 Å². The van der Waals surface area contributed by atoms with Gasteiger partial charge in [0.2, 0.25) is 5.96 Å². The summed E-state index contributed by atoms with van der Waals surface area (Å²) in [7, 11) is 4.00. The van der Waals surface area contributed by atoms with Gasteiger partial charge in [-0.05, 0) is 25.3 Å². The predicted molar refractivity (Wildman–Crippen MR) is 81.4 cm³/mol. The number of nitrogens with two attached hydrogens (primary N) is 1. The van der Waals surface area contributed by atoms with E-state index in [4.69, 9.17) is 5.73 Å². The normalized spacial score (nSPS) is 16.5. The summed E-state index contributed by atoms with van der Waals surface area (Å²) in [6.45, 7) is 7.77. The molecule has 0 atom stereocenters. The first kappa shape index (κ1) is 15.6. The molecule has 108 valence electrons. The van der Waals surface area contributed by atoms with Gasteiger partial charge in [0.15, 0.2) is 0 Å². The van der Waals surface area contributed by atoms with Gasteiger partial charge in [0, 0.05) is 25.5 Å². The van der Waals surface area contributed by atoms with Crippen LogP contribution in [0.5, 0.6) is 0 Å². The Balaban J connectivity index is 2.80. The van der Waals surface area contributed by atoms with Crippen molar-refractivity contribution in [2.24, 2.45) is 10.7 Å². The molecule has 0 aliphatic carbocycles. The first-order valence-electron chi connectivity index (χ1n) is 6.88. The lowest BCUT2D eigenvalue weighted by Gasteiger charge is -2.34. The van der Waals surface area contributed by atoms with Crippen LogP contribution in [0.15, 0.2) is 28.0 Å². The maximum absolute atomic E-state index is 6.02. The number of nitrogens with one attached hydrogen (secondary N) is 1. The van der Waals surface area contributed by atoms with Crippen LogP contribution in [0.1, 0.15) is 33.6 Å². The zero-order chi connectivity index (χ0) is 14.4. The second kappa shape index (κ2) is 7.19. The molecule has 0 fully saturated rings. The van der Waals surface area contributed by atoms with Crippen LogP contribution >= 0.6 is 0 Å². The molecule has 0 saturated heterocycles. The third-order valence-corrected chi connectivity index (χ3v) is 3.20. The Morgan fingerprint density at radius 1 is 1.42 bits per heavy atom. The number of hydrogen-bond acceptors (Lipinski definition) is 5. The molecule has 5 heteroatoms. The van der Waals surface area contributed by atoms with Crippen molar-refractivity contribution in [1.82, 2.24) is 15.3 Å². The van der Waals surface area contributed by atoms with E-state index >= 15 is 0 Å². The van der Waals surface area contributed by atoms with E-state index in [9.17, 15) is 0 Å². The average Bonchev–Trinajstić information content (AvgIpc) is 2.36. The first-order valence-corrected chi connectivity index (χ1v) is 6.88. The van der Waals surface area contributed by atoms with Crippen molar-refractivity contribution in [2.45, 2.75) is 33.6 Å². The van der Waals surface area contributed by atoms with Crippen molar-refractivity contribution in [2.75, 3.05) is 27.2 Å². The van der Waals surface area contributed by atoms with Crippen molar-refractivity contribution < 1.29 is 0 Å². The highest BCUT2D eigenvalue weighted by molar-refractivity contribution is 5.82. The standard InChI is InChI=1S/C14H27N5/c1-6-8-13(15)10-19(18(4)5)14-16-9-12(7-2)11(3)17-14/h8H,6-7,9-10,15H2,1-5H3,(H,16,17)/b13-8+. The van der Waals surface area contributed by atoms with Crippen LogP contribution in [-0.4, -0.2) is 43.2 Å². The lowest BCUT2D eigenvalue weighted by atomic mass is 10.1. The number of guanidine groups is 1. The number of hydrazine groups is 1. The summed E-state index contributed by atoms with van der Waals surface area (Å²) >= 11 is 0. The lowest BCUT2D eigenvalue weighted by Crippen LogP contribution is -2.50. The fourth-order valence-corrected chi connectivity index (χ4v) is 2.01. The van der Waals surface area contributed by atoms with Gasteiger partial charge in [-0.15, -0.1) is 0 Å². The highest BCUT2D eigenvalue weighted by Crippen LogP contribution is 2.12. The van der Waals surface area contributed by atoms with E-state index in [0.29, 0.717) is 6.54 Å². The molecule has 1 aliphatic heterocycles. The molecule has 3 N–H and O–H groups in total. The predicted octanol–water partition coefficient (Wildman–Crippen LogP) is 1.66. The van der Waals surface area contributed by atoms with Crippen molar-refractivity contribution in [3.8, 4) is 0 Å². The van der Waals surface area contributed by atoms with Crippen LogP contribution in [0.2, 0.25) is 0 Å². The molecule has 0 unspecified atom stereocenters. The van der Waals surface area contributed by atoms with Gasteiger partial charge in [-0.3, -0.25) is 5.01 Å². The van der Waals surface area contributed by atoms with Gasteiger partial charge in [-0.25, -0.2) is 10.0 Å². The fraction of sp³-hybridized carbons (Fsp3) is 0.643. The maximum Gasteiger partial charge on any atom is 0.213 e. The molecule has 1 heterocycles. The molecule has 0 saturated carbocycles. The van der Waals surface area contributed by atoms with E-state index in [0.717, 1.165) is 31.0 Å². The molecular weight excluding hydrogens is 238 g/mol. The van der Waals surface area contributed by atoms with Gasteiger partial charge >= 0.3 is 0 Å². The van der Waals surface area contributed by atoms with Crippen molar-refractivity contribution in [3.05, 3.63) is 23.0 Å². The molecule has 0 amide bonds. The Kier molecular flexibility index (Phi) is 5.89. The largest absolute Gasteiger partial charge is 0.401 e. The molecular formula is C14H27N5. The molecule has 0 radical (unpaired) electrons. The van der Waals surface area contributed by atoms with Gasteiger partial charge in [0.05, 0.1) is 13.1 Å². The monoisotopic (exact) mass is 265 g/mol. The Bertz CT molecular complexity index is 393. The second-order valence-electron chi connectivity index (χ2n) is 4.94. The smallest absolute Gasteiger partial charge is 0.213 e. The summed E-state index contributed by atoms with van der Waals surface area (Å²) in [5.74, 6) is 0.868. The molecule has 19 heavy (non-hydrogen) atoms. The molecule has 0 bridgehead atoms. The van der Waals surface area contributed by atoms with Gasteiger partial charge in [0.1, 0.15) is 0 Å². The maximum atomic E-state index is 6.02. The van der Waals surface area contributed by atoms with E-state index in [1.807, 2.05) is 25.2 Å². The summed E-state index contributed by atoms with van der Waals surface area (Å²) in [4.78, 5) is 4.62. The molecule has 0 spiro atoms. The van der Waals surface area contributed by atoms with Gasteiger partial charge < -0.3 is 11.1 Å². The molecule has 1 rings (SSSR count). The Morgan fingerprint density at radius 3 is 2.58 bits per heavy atom. The first-order chi connectivity index (χ1) is 8.99. The van der Waals surface area contributed by atoms with E-state index in [1.54, 1.807) is 0 Å². The van der Waals surface area contributed by atoms with Crippen molar-refractivity contribution >= 4 is 5.96 Å². The second-order valence-corrected chi connectivity index (χ2v) is 4.94. The summed E-state index contributed by atoms with van der Waals surface area (Å²) < 4.78 is 0. The Morgan fingerprint density at radius 2 is 2.11 bits per heavy atom. The van der Waals surface area contributed by atoms with E-state index in [1.165, 1.54) is 11.3 Å². The highest BCUT2D eigenvalue weighted by Gasteiger charge is 2.18. The molecule has 5 nitrogen and oxygen atoms in total. The average molecular weight is 265 g/mol. The quantitative estimate of drug-likeness (QED) is 0.742. The summed E-state index contributed by atoms with van der Waals surface area (Å²) in [5, 5.41) is 7.44. The minimum absolute atomic E-state index is 0.654. The summed E-state index contributed by atoms with van der Waals surface area (Å²) in [6, 6.07) is 0. The zero-order valence-corrected chi connectivity index (χ0v) is 12.8. The van der Waals surface area contributed by atoms with Crippen LogP contribution in [0.25, 0.3) is 0 Å². The topological polar surface area (TPSA) is 56.9 Å². The van der Waals surface area contributed by atoms with Crippen LogP contribution in [0.4, 0.5) is 0 Å². The van der Waals surface area contributed by atoms with Crippen LogP contribution in [0.3, 0.4) is 0 Å². The summed E-state index contributed by atoms with van der Waals surface area (Å²) in [5.41, 5.74) is 9.45. The van der Waals surface area contributed by atoms with E-state index < -0.39 is 0 Å². The molecule has 0 aromatic heterocycles. The Labute approximate surface area is 116 Å². The Hall–Kier alpha value is -1.49. The third kappa shape index (κ3) is 4.28. The molecule has 0 aromatic rings. The SMILES string of the molecule is CC/C=C(/N)CN(C1=NCC(CC)=C(C)N1)N(C)C. The third-order valence-electron chi connectivity index (χ3n) is 3.20. The highest BCUT2D eigenvalue weighted by atomic mass is 15.6. The number of aliphatic imine (C=N–C) groups is 1. The summed E-state index contributed by atoms with van der Waals surface area (Å²) in [6.07, 6.45) is 4.03. The van der Waals surface area contributed by atoms with Crippen LogP contribution in [0, 0.1) is 0 Å². The fourth-order valence-electron chi connectivity index (χ4n) is 2.01. The molecule has 1 aliphatic rings. The number of rotatable bonds is 5. The zero-order valence-electron chi connectivity index (χ0n) is 12.8. The molecule has 0 aromatic carbocycles. The number of nitrogens with zero attached hydrogens (tertiary/aromatic N) is 3. The van der Waals surface area contributed by atoms with E-state index in [2.05, 4.69) is 36.1 Å². The van der Waals surface area contributed by atoms with Crippen LogP contribution < -0.4 is 11.1 Å². The van der Waals surface area contributed by atoms with Gasteiger partial charge in [-0.1, -0.05) is 19.9 Å².